The smallest absolute Gasteiger partial charge is 0.354 e. The van der Waals surface area contributed by atoms with Crippen LogP contribution in [0.15, 0.2) is 70.8 Å². The summed E-state index contributed by atoms with van der Waals surface area (Å²) in [5, 5.41) is 5.58. The van der Waals surface area contributed by atoms with Crippen molar-refractivity contribution >= 4 is 41.4 Å². The lowest BCUT2D eigenvalue weighted by atomic mass is 9.96. The van der Waals surface area contributed by atoms with E-state index in [9.17, 15) is 19.2 Å². The number of aliphatic imine (C=N–C) groups is 1. The van der Waals surface area contributed by atoms with Crippen molar-refractivity contribution < 1.29 is 33.4 Å². The van der Waals surface area contributed by atoms with Crippen molar-refractivity contribution in [3.8, 4) is 11.1 Å². The van der Waals surface area contributed by atoms with Gasteiger partial charge in [0.2, 0.25) is 11.7 Å². The molecule has 0 spiro atoms. The molecule has 2 aliphatic heterocycles. The molecule has 2 N–H and O–H groups in total. The minimum atomic E-state index is -0.441. The third kappa shape index (κ3) is 7.39. The van der Waals surface area contributed by atoms with Gasteiger partial charge in [-0.05, 0) is 49.4 Å². The van der Waals surface area contributed by atoms with Crippen molar-refractivity contribution in [2.45, 2.75) is 50.7 Å². The molecule has 3 aliphatic rings. The van der Waals surface area contributed by atoms with Gasteiger partial charge in [0.25, 0.3) is 11.8 Å². The van der Waals surface area contributed by atoms with Crippen molar-refractivity contribution in [1.82, 2.24) is 19.0 Å². The summed E-state index contributed by atoms with van der Waals surface area (Å²) in [6.45, 7) is 0.999. The molecule has 3 amide bonds. The van der Waals surface area contributed by atoms with Gasteiger partial charge in [-0.15, -0.1) is 0 Å². The van der Waals surface area contributed by atoms with Crippen LogP contribution >= 0.6 is 0 Å². The number of rotatable bonds is 11. The second kappa shape index (κ2) is 14.9. The maximum atomic E-state index is 13.3. The zero-order valence-corrected chi connectivity index (χ0v) is 28.6. The minimum Gasteiger partial charge on any atom is -0.495 e. The summed E-state index contributed by atoms with van der Waals surface area (Å²) in [6.07, 6.45) is 10.6. The van der Waals surface area contributed by atoms with Gasteiger partial charge in [0.15, 0.2) is 5.82 Å². The molecule has 1 fully saturated rings. The van der Waals surface area contributed by atoms with Crippen LogP contribution < -0.4 is 10.6 Å². The van der Waals surface area contributed by atoms with Crippen LogP contribution in [0.5, 0.6) is 0 Å². The number of imidazole rings is 1. The van der Waals surface area contributed by atoms with Gasteiger partial charge in [-0.25, -0.2) is 9.78 Å². The first-order valence-electron chi connectivity index (χ1n) is 16.6. The van der Waals surface area contributed by atoms with E-state index in [1.807, 2.05) is 29.4 Å². The Hall–Kier alpha value is -5.50. The Balaban J connectivity index is 0.994. The molecule has 0 radical (unpaired) electrons. The highest BCUT2D eigenvalue weighted by Crippen LogP contribution is 2.33. The average Bonchev–Trinajstić information content (AvgIpc) is 3.66. The van der Waals surface area contributed by atoms with Crippen LogP contribution in [0.4, 0.5) is 11.5 Å². The van der Waals surface area contributed by atoms with Crippen LogP contribution in [0.3, 0.4) is 0 Å². The van der Waals surface area contributed by atoms with E-state index >= 15 is 0 Å². The van der Waals surface area contributed by atoms with E-state index in [1.54, 1.807) is 56.2 Å². The fraction of sp³-hybridized carbons (Fsp3) is 0.389. The van der Waals surface area contributed by atoms with E-state index in [0.29, 0.717) is 41.3 Å². The summed E-state index contributed by atoms with van der Waals surface area (Å²) in [7, 11) is 6.36. The van der Waals surface area contributed by atoms with Crippen LogP contribution in [0.25, 0.3) is 11.1 Å². The number of fused-ring (bicyclic) bond motifs is 1. The molecular weight excluding hydrogens is 642 g/mol. The summed E-state index contributed by atoms with van der Waals surface area (Å²) in [4.78, 5) is 61.8. The summed E-state index contributed by atoms with van der Waals surface area (Å²) in [5.41, 5.74) is 3.94. The van der Waals surface area contributed by atoms with Crippen LogP contribution in [0.2, 0.25) is 0 Å². The Bertz CT molecular complexity index is 1890. The topological polar surface area (TPSA) is 158 Å². The number of esters is 1. The largest absolute Gasteiger partial charge is 0.495 e. The summed E-state index contributed by atoms with van der Waals surface area (Å²) < 4.78 is 19.7. The predicted octanol–water partition coefficient (Wildman–Crippen LogP) is 4.22. The number of methoxy groups -OCH3 is 2. The van der Waals surface area contributed by atoms with Gasteiger partial charge in [0.05, 0.1) is 25.5 Å². The number of aromatic nitrogens is 3. The molecule has 14 heteroatoms. The minimum absolute atomic E-state index is 0.0154. The standard InChI is InChI=1S/C36H41N7O7/c1-41-20-23(16-28(41)36(47)49-4)22-10-12-24(13-11-22)38-34(45)33-40-31(21-42(33)2)39-32(44)9-7-15-50-30-18-27-26(17-29(30)48-3)35(46)43-14-6-5-8-25(43)19-37-27/h10-13,16,18-21,25,29H,5-9,14-15,17H2,1-4H3,(H,38,45)(H,39,44)/t25?,29-/m0/s1. The number of anilines is 2. The molecule has 1 aliphatic carbocycles. The number of carbonyl (C=O) groups is 4. The molecule has 14 nitrogen and oxygen atoms in total. The number of hydrogen-bond acceptors (Lipinski definition) is 9. The van der Waals surface area contributed by atoms with Crippen LogP contribution in [0.1, 0.15) is 59.6 Å². The molecule has 0 saturated carbocycles. The molecule has 1 aromatic carbocycles. The van der Waals surface area contributed by atoms with Gasteiger partial charge in [-0.3, -0.25) is 19.4 Å². The maximum Gasteiger partial charge on any atom is 0.354 e. The van der Waals surface area contributed by atoms with Gasteiger partial charge in [-0.1, -0.05) is 12.1 Å². The number of carbonyl (C=O) groups excluding carboxylic acids is 4. The Kier molecular flexibility index (Phi) is 10.3. The zero-order valence-electron chi connectivity index (χ0n) is 28.6. The average molecular weight is 684 g/mol. The summed E-state index contributed by atoms with van der Waals surface area (Å²) in [6, 6.07) is 8.95. The molecule has 4 heterocycles. The number of hydrogen-bond donors (Lipinski definition) is 2. The number of allylic oxidation sites excluding steroid dienone is 1. The number of aryl methyl sites for hydroxylation is 2. The van der Waals surface area contributed by atoms with Gasteiger partial charge < -0.3 is 38.9 Å². The quantitative estimate of drug-likeness (QED) is 0.225. The normalized spacial score (nSPS) is 18.5. The Morgan fingerprint density at radius 3 is 2.56 bits per heavy atom. The Morgan fingerprint density at radius 2 is 1.80 bits per heavy atom. The van der Waals surface area contributed by atoms with Crippen molar-refractivity contribution in [3.05, 3.63) is 77.3 Å². The number of ether oxygens (including phenoxy) is 3. The summed E-state index contributed by atoms with van der Waals surface area (Å²) >= 11 is 0. The first-order valence-corrected chi connectivity index (χ1v) is 16.6. The van der Waals surface area contributed by atoms with E-state index in [2.05, 4.69) is 20.6 Å². The highest BCUT2D eigenvalue weighted by Gasteiger charge is 2.35. The molecule has 1 saturated heterocycles. The highest BCUT2D eigenvalue weighted by molar-refractivity contribution is 6.03. The highest BCUT2D eigenvalue weighted by atomic mass is 16.5. The molecule has 1 unspecified atom stereocenters. The first-order chi connectivity index (χ1) is 24.1. The lowest BCUT2D eigenvalue weighted by molar-refractivity contribution is -0.129. The predicted molar refractivity (Wildman–Crippen MR) is 186 cm³/mol. The van der Waals surface area contributed by atoms with E-state index in [4.69, 9.17) is 14.2 Å². The molecule has 3 aromatic rings. The molecule has 2 aromatic heterocycles. The van der Waals surface area contributed by atoms with Crippen LogP contribution in [-0.4, -0.2) is 88.4 Å². The Labute approximate surface area is 289 Å². The van der Waals surface area contributed by atoms with Crippen molar-refractivity contribution in [2.24, 2.45) is 19.1 Å². The maximum absolute atomic E-state index is 13.3. The monoisotopic (exact) mass is 683 g/mol. The van der Waals surface area contributed by atoms with Gasteiger partial charge in [0.1, 0.15) is 17.6 Å². The molecule has 50 heavy (non-hydrogen) atoms. The first kappa shape index (κ1) is 34.4. The number of nitrogens with zero attached hydrogens (tertiary/aromatic N) is 5. The van der Waals surface area contributed by atoms with Crippen molar-refractivity contribution in [2.75, 3.05) is 38.0 Å². The van der Waals surface area contributed by atoms with Gasteiger partial charge in [-0.2, -0.15) is 0 Å². The van der Waals surface area contributed by atoms with E-state index in [0.717, 1.165) is 36.9 Å². The second-order valence-corrected chi connectivity index (χ2v) is 12.5. The molecule has 2 atom stereocenters. The zero-order chi connectivity index (χ0) is 35.4. The second-order valence-electron chi connectivity index (χ2n) is 12.5. The third-order valence-corrected chi connectivity index (χ3v) is 9.07. The molecular formula is C36H41N7O7. The number of amides is 3. The lowest BCUT2D eigenvalue weighted by Gasteiger charge is -2.34. The number of piperidine rings is 1. The summed E-state index contributed by atoms with van der Waals surface area (Å²) in [5.74, 6) is -0.159. The lowest BCUT2D eigenvalue weighted by Crippen LogP contribution is -2.45. The van der Waals surface area contributed by atoms with E-state index in [1.165, 1.54) is 11.7 Å². The van der Waals surface area contributed by atoms with Crippen molar-refractivity contribution in [3.63, 3.8) is 0 Å². The Morgan fingerprint density at radius 1 is 1.00 bits per heavy atom. The SMILES string of the molecule is COC(=O)c1cc(-c2ccc(NC(=O)c3nc(NC(=O)CCCOC4=CC5=C(C[C@@H]4OC)C(=O)N4CCCCC4C=N5)cn3C)cc2)cn1C. The van der Waals surface area contributed by atoms with Gasteiger partial charge >= 0.3 is 5.97 Å². The van der Waals surface area contributed by atoms with E-state index < -0.39 is 18.0 Å². The molecule has 6 rings (SSSR count). The van der Waals surface area contributed by atoms with E-state index in [-0.39, 0.29) is 42.5 Å². The fourth-order valence-corrected chi connectivity index (χ4v) is 6.38. The van der Waals surface area contributed by atoms with Crippen LogP contribution in [0, 0.1) is 0 Å². The molecule has 262 valence electrons. The number of benzene rings is 1. The number of nitrogens with one attached hydrogen (secondary N) is 2. The van der Waals surface area contributed by atoms with Gasteiger partial charge in [0, 0.05) is 82.1 Å². The van der Waals surface area contributed by atoms with Crippen LogP contribution in [-0.2, 0) is 37.9 Å². The fourth-order valence-electron chi connectivity index (χ4n) is 6.38. The third-order valence-electron chi connectivity index (χ3n) is 9.07. The van der Waals surface area contributed by atoms with Crippen molar-refractivity contribution in [1.29, 1.82) is 0 Å². The molecule has 0 bridgehead atoms.